The highest BCUT2D eigenvalue weighted by Crippen LogP contribution is 2.20. The van der Waals surface area contributed by atoms with Crippen molar-refractivity contribution in [2.75, 3.05) is 0 Å². The van der Waals surface area contributed by atoms with E-state index in [1.807, 2.05) is 12.2 Å². The van der Waals surface area contributed by atoms with Gasteiger partial charge in [-0.25, -0.2) is 0 Å². The first-order valence-corrected chi connectivity index (χ1v) is 6.59. The molecule has 1 saturated carbocycles. The molecular weight excluding hydrogens is 216 g/mol. The molecule has 1 fully saturated rings. The second-order valence-electron chi connectivity index (χ2n) is 5.21. The summed E-state index contributed by atoms with van der Waals surface area (Å²) in [6, 6.07) is -0.0694. The van der Waals surface area contributed by atoms with Crippen molar-refractivity contribution in [1.29, 1.82) is 0 Å². The average Bonchev–Trinajstić information content (AvgIpc) is 2.63. The lowest BCUT2D eigenvalue weighted by atomic mass is 10.0. The zero-order valence-electron chi connectivity index (χ0n) is 10.1. The van der Waals surface area contributed by atoms with E-state index in [4.69, 9.17) is 5.73 Å². The van der Waals surface area contributed by atoms with E-state index in [0.29, 0.717) is 6.42 Å². The van der Waals surface area contributed by atoms with E-state index in [2.05, 4.69) is 5.32 Å². The zero-order valence-corrected chi connectivity index (χ0v) is 10.1. The molecule has 2 rings (SSSR count). The van der Waals surface area contributed by atoms with Crippen molar-refractivity contribution in [3.05, 3.63) is 12.2 Å². The lowest BCUT2D eigenvalue weighted by Gasteiger charge is -2.23. The van der Waals surface area contributed by atoms with Gasteiger partial charge >= 0.3 is 0 Å². The molecule has 0 aromatic heterocycles. The highest BCUT2D eigenvalue weighted by molar-refractivity contribution is 5.81. The third kappa shape index (κ3) is 3.30. The summed E-state index contributed by atoms with van der Waals surface area (Å²) in [4.78, 5) is 12.0. The van der Waals surface area contributed by atoms with E-state index in [1.54, 1.807) is 0 Å². The molecule has 4 nitrogen and oxygen atoms in total. The van der Waals surface area contributed by atoms with Crippen molar-refractivity contribution in [1.82, 2.24) is 5.32 Å². The fraction of sp³-hybridized carbons (Fsp3) is 0.769. The molecular formula is C13H22N2O2. The molecule has 0 aromatic rings. The van der Waals surface area contributed by atoms with Crippen LogP contribution in [-0.4, -0.2) is 29.2 Å². The van der Waals surface area contributed by atoms with Crippen LogP contribution >= 0.6 is 0 Å². The van der Waals surface area contributed by atoms with Crippen LogP contribution in [0.5, 0.6) is 0 Å². The second kappa shape index (κ2) is 5.65. The molecule has 4 N–H and O–H groups in total. The lowest BCUT2D eigenvalue weighted by molar-refractivity contribution is -0.125. The van der Waals surface area contributed by atoms with Gasteiger partial charge in [0.25, 0.3) is 0 Å². The molecule has 0 heterocycles. The number of carbonyl (C=O) groups is 1. The monoisotopic (exact) mass is 238 g/mol. The highest BCUT2D eigenvalue weighted by Gasteiger charge is 2.28. The fourth-order valence-corrected chi connectivity index (χ4v) is 2.67. The maximum Gasteiger partial charge on any atom is 0.227 e. The van der Waals surface area contributed by atoms with Gasteiger partial charge in [-0.15, -0.1) is 0 Å². The first-order chi connectivity index (χ1) is 8.16. The van der Waals surface area contributed by atoms with Gasteiger partial charge in [0.2, 0.25) is 5.91 Å². The number of hydrogen-bond donors (Lipinski definition) is 3. The molecule has 17 heavy (non-hydrogen) atoms. The van der Waals surface area contributed by atoms with Crippen LogP contribution in [-0.2, 0) is 4.79 Å². The Morgan fingerprint density at radius 3 is 2.71 bits per heavy atom. The number of rotatable bonds is 2. The van der Waals surface area contributed by atoms with E-state index in [1.165, 1.54) is 0 Å². The summed E-state index contributed by atoms with van der Waals surface area (Å²) in [7, 11) is 0. The van der Waals surface area contributed by atoms with E-state index in [0.717, 1.165) is 32.1 Å². The molecule has 2 aliphatic rings. The number of nitrogens with two attached hydrogens (primary N) is 1. The summed E-state index contributed by atoms with van der Waals surface area (Å²) in [5.74, 6) is -0.0967. The molecule has 4 heteroatoms. The van der Waals surface area contributed by atoms with Crippen LogP contribution in [0.2, 0.25) is 0 Å². The second-order valence-corrected chi connectivity index (χ2v) is 5.21. The minimum atomic E-state index is -0.388. The van der Waals surface area contributed by atoms with Crippen molar-refractivity contribution in [2.45, 2.75) is 56.7 Å². The quantitative estimate of drug-likeness (QED) is 0.489. The SMILES string of the molecule is NC1C=CC(C(=O)NC2CCCCCC2O)C1. The van der Waals surface area contributed by atoms with Gasteiger partial charge in [-0.1, -0.05) is 31.4 Å². The molecule has 1 amide bonds. The smallest absolute Gasteiger partial charge is 0.227 e. The van der Waals surface area contributed by atoms with Gasteiger partial charge < -0.3 is 16.2 Å². The molecule has 4 unspecified atom stereocenters. The van der Waals surface area contributed by atoms with Crippen LogP contribution in [0.1, 0.15) is 38.5 Å². The van der Waals surface area contributed by atoms with Crippen LogP contribution in [0, 0.1) is 5.92 Å². The Labute approximate surface area is 102 Å². The number of nitrogens with one attached hydrogen (secondary N) is 1. The maximum absolute atomic E-state index is 12.0. The van der Waals surface area contributed by atoms with E-state index in [-0.39, 0.29) is 30.0 Å². The number of aliphatic hydroxyl groups excluding tert-OH is 1. The van der Waals surface area contributed by atoms with Crippen molar-refractivity contribution in [3.8, 4) is 0 Å². The minimum absolute atomic E-state index is 0.00445. The van der Waals surface area contributed by atoms with Crippen molar-refractivity contribution in [2.24, 2.45) is 11.7 Å². The summed E-state index contributed by atoms with van der Waals surface area (Å²) in [5.41, 5.74) is 5.73. The molecule has 4 atom stereocenters. The van der Waals surface area contributed by atoms with Gasteiger partial charge in [-0.05, 0) is 19.3 Å². The Bertz CT molecular complexity index is 304. The van der Waals surface area contributed by atoms with E-state index in [9.17, 15) is 9.90 Å². The van der Waals surface area contributed by atoms with Crippen LogP contribution in [0.15, 0.2) is 12.2 Å². The molecule has 2 aliphatic carbocycles. The number of hydrogen-bond acceptors (Lipinski definition) is 3. The minimum Gasteiger partial charge on any atom is -0.391 e. The summed E-state index contributed by atoms with van der Waals surface area (Å²) in [6.07, 6.45) is 9.04. The van der Waals surface area contributed by atoms with Gasteiger partial charge in [-0.2, -0.15) is 0 Å². The molecule has 96 valence electrons. The topological polar surface area (TPSA) is 75.4 Å². The predicted molar refractivity (Wildman–Crippen MR) is 66.2 cm³/mol. The maximum atomic E-state index is 12.0. The number of amides is 1. The van der Waals surface area contributed by atoms with Crippen LogP contribution < -0.4 is 11.1 Å². The largest absolute Gasteiger partial charge is 0.391 e. The summed E-state index contributed by atoms with van der Waals surface area (Å²) < 4.78 is 0. The molecule has 0 radical (unpaired) electrons. The first kappa shape index (κ1) is 12.6. The van der Waals surface area contributed by atoms with E-state index < -0.39 is 0 Å². The zero-order chi connectivity index (χ0) is 12.3. The molecule has 0 bridgehead atoms. The third-order valence-corrected chi connectivity index (χ3v) is 3.76. The Balaban J connectivity index is 1.86. The molecule has 0 aromatic carbocycles. The standard InChI is InChI=1S/C13H22N2O2/c14-10-7-6-9(8-10)13(17)15-11-4-2-1-3-5-12(11)16/h6-7,9-12,16H,1-5,8,14H2,(H,15,17). The van der Waals surface area contributed by atoms with Gasteiger partial charge in [0.05, 0.1) is 18.1 Å². The third-order valence-electron chi connectivity index (χ3n) is 3.76. The van der Waals surface area contributed by atoms with Gasteiger partial charge in [0, 0.05) is 6.04 Å². The lowest BCUT2D eigenvalue weighted by Crippen LogP contribution is -2.45. The Morgan fingerprint density at radius 1 is 1.24 bits per heavy atom. The Morgan fingerprint density at radius 2 is 2.00 bits per heavy atom. The van der Waals surface area contributed by atoms with Gasteiger partial charge in [0.1, 0.15) is 0 Å². The summed E-state index contributed by atoms with van der Waals surface area (Å²) >= 11 is 0. The van der Waals surface area contributed by atoms with Crippen molar-refractivity contribution >= 4 is 5.91 Å². The van der Waals surface area contributed by atoms with Crippen LogP contribution in [0.25, 0.3) is 0 Å². The predicted octanol–water partition coefficient (Wildman–Crippen LogP) is 0.700. The normalized spacial score (nSPS) is 37.8. The van der Waals surface area contributed by atoms with Crippen LogP contribution in [0.4, 0.5) is 0 Å². The highest BCUT2D eigenvalue weighted by atomic mass is 16.3. The van der Waals surface area contributed by atoms with Gasteiger partial charge in [-0.3, -0.25) is 4.79 Å². The molecule has 0 spiro atoms. The first-order valence-electron chi connectivity index (χ1n) is 6.59. The van der Waals surface area contributed by atoms with Crippen molar-refractivity contribution < 1.29 is 9.90 Å². The number of aliphatic hydroxyl groups is 1. The number of carbonyl (C=O) groups excluding carboxylic acids is 1. The summed E-state index contributed by atoms with van der Waals surface area (Å²) in [6.45, 7) is 0. The Kier molecular flexibility index (Phi) is 4.18. The average molecular weight is 238 g/mol. The van der Waals surface area contributed by atoms with Gasteiger partial charge in [0.15, 0.2) is 0 Å². The Hall–Kier alpha value is -0.870. The van der Waals surface area contributed by atoms with Crippen molar-refractivity contribution in [3.63, 3.8) is 0 Å². The van der Waals surface area contributed by atoms with E-state index >= 15 is 0 Å². The fourth-order valence-electron chi connectivity index (χ4n) is 2.67. The molecule has 0 saturated heterocycles. The summed E-state index contributed by atoms with van der Waals surface area (Å²) in [5, 5.41) is 12.9. The molecule has 0 aliphatic heterocycles. The van der Waals surface area contributed by atoms with Crippen LogP contribution in [0.3, 0.4) is 0 Å².